The lowest BCUT2D eigenvalue weighted by Crippen LogP contribution is -2.40. The van der Waals surface area contributed by atoms with Crippen molar-refractivity contribution in [2.75, 3.05) is 56.2 Å². The molecule has 0 aromatic carbocycles. The molecule has 212 valence electrons. The second kappa shape index (κ2) is 10.3. The fourth-order valence-corrected chi connectivity index (χ4v) is 6.32. The molecule has 6 heterocycles. The van der Waals surface area contributed by atoms with Gasteiger partial charge in [0.25, 0.3) is 0 Å². The summed E-state index contributed by atoms with van der Waals surface area (Å²) in [5, 5.41) is 2.51. The van der Waals surface area contributed by atoms with E-state index in [1.165, 1.54) is 12.7 Å². The Labute approximate surface area is 226 Å². The van der Waals surface area contributed by atoms with E-state index >= 15 is 0 Å². The molecule has 2 aromatic heterocycles. The van der Waals surface area contributed by atoms with E-state index in [9.17, 15) is 18.0 Å². The molecule has 0 saturated carbocycles. The van der Waals surface area contributed by atoms with E-state index in [4.69, 9.17) is 9.72 Å². The highest BCUT2D eigenvalue weighted by atomic mass is 19.4. The predicted octanol–water partition coefficient (Wildman–Crippen LogP) is 3.82. The molecule has 1 unspecified atom stereocenters. The third kappa shape index (κ3) is 5.25. The van der Waals surface area contributed by atoms with Gasteiger partial charge in [0.05, 0.1) is 17.2 Å². The molecule has 0 bridgehead atoms. The number of carbonyl (C=O) groups excluding carboxylic acids is 1. The normalized spacial score (nSPS) is 24.3. The van der Waals surface area contributed by atoms with Crippen molar-refractivity contribution in [3.05, 3.63) is 29.6 Å². The van der Waals surface area contributed by atoms with E-state index in [-0.39, 0.29) is 28.5 Å². The van der Waals surface area contributed by atoms with Crippen molar-refractivity contribution in [2.24, 2.45) is 0 Å². The summed E-state index contributed by atoms with van der Waals surface area (Å²) >= 11 is 0. The average molecular weight is 548 g/mol. The topological polar surface area (TPSA) is 88.4 Å². The number of carbonyl (C=O) groups is 1. The number of fused-ring (bicyclic) bond motifs is 1. The van der Waals surface area contributed by atoms with Gasteiger partial charge in [-0.25, -0.2) is 15.0 Å². The summed E-state index contributed by atoms with van der Waals surface area (Å²) < 4.78 is 49.8. The van der Waals surface area contributed by atoms with Gasteiger partial charge < -0.3 is 24.4 Å². The molecule has 6 rings (SSSR count). The van der Waals surface area contributed by atoms with Gasteiger partial charge in [-0.05, 0) is 45.2 Å². The Morgan fingerprint density at radius 3 is 2.51 bits per heavy atom. The Hall–Kier alpha value is -2.73. The minimum absolute atomic E-state index is 0.00717. The number of imidazole rings is 1. The van der Waals surface area contributed by atoms with Gasteiger partial charge in [-0.15, -0.1) is 0 Å². The van der Waals surface area contributed by atoms with E-state index < -0.39 is 24.4 Å². The number of anilines is 2. The van der Waals surface area contributed by atoms with Crippen LogP contribution < -0.4 is 10.2 Å². The Morgan fingerprint density at radius 2 is 1.85 bits per heavy atom. The second-order valence-electron chi connectivity index (χ2n) is 11.6. The number of hydrogen-bond donors (Lipinski definition) is 1. The van der Waals surface area contributed by atoms with Crippen LogP contribution in [0.4, 0.5) is 24.8 Å². The van der Waals surface area contributed by atoms with E-state index in [1.807, 2.05) is 4.90 Å². The standard InChI is InChI=1S/C27H36F3N7O2/c1-26(5-13-39-14-6-26)20-16-37(12-11-35-7-2-8-35)24(33-20)18-3-9-36(10-4-18)25-22-19(27(28,29)30)15-21(38)34-23(22)31-17-32-25/h16-19H,2-15H2,1H3,(H,31,32,34,38). The number of nitrogens with one attached hydrogen (secondary N) is 1. The monoisotopic (exact) mass is 547 g/mol. The fraction of sp³-hybridized carbons (Fsp3) is 0.704. The largest absolute Gasteiger partial charge is 0.396 e. The van der Waals surface area contributed by atoms with Crippen LogP contribution in [0.1, 0.15) is 74.4 Å². The summed E-state index contributed by atoms with van der Waals surface area (Å²) in [7, 11) is 0. The van der Waals surface area contributed by atoms with Gasteiger partial charge in [0.15, 0.2) is 0 Å². The van der Waals surface area contributed by atoms with E-state index in [0.717, 1.165) is 76.6 Å². The lowest BCUT2D eigenvalue weighted by Gasteiger charge is -2.36. The Kier molecular flexibility index (Phi) is 7.03. The molecule has 0 aliphatic carbocycles. The maximum Gasteiger partial charge on any atom is 0.396 e. The molecule has 4 aliphatic heterocycles. The Bertz CT molecular complexity index is 1200. The zero-order chi connectivity index (χ0) is 27.2. The maximum absolute atomic E-state index is 13.9. The number of piperidine rings is 1. The SMILES string of the molecule is CC1(c2cn(CCN3CCC3)c(C3CCN(c4ncnc5c4C(C(F)(F)F)CC(=O)N5)CC3)n2)CCOCC1. The van der Waals surface area contributed by atoms with Crippen molar-refractivity contribution in [1.29, 1.82) is 0 Å². The molecule has 0 spiro atoms. The first-order chi connectivity index (χ1) is 18.7. The molecule has 3 saturated heterocycles. The van der Waals surface area contributed by atoms with Gasteiger partial charge in [0.2, 0.25) is 5.91 Å². The number of nitrogens with zero attached hydrogens (tertiary/aromatic N) is 6. The predicted molar refractivity (Wildman–Crippen MR) is 139 cm³/mol. The summed E-state index contributed by atoms with van der Waals surface area (Å²) in [6.07, 6.45) is 2.96. The van der Waals surface area contributed by atoms with Crippen molar-refractivity contribution in [1.82, 2.24) is 24.4 Å². The van der Waals surface area contributed by atoms with Gasteiger partial charge in [0.1, 0.15) is 23.8 Å². The first-order valence-electron chi connectivity index (χ1n) is 14.1. The average Bonchev–Trinajstić information content (AvgIpc) is 3.32. The Morgan fingerprint density at radius 1 is 1.10 bits per heavy atom. The second-order valence-corrected chi connectivity index (χ2v) is 11.6. The first kappa shape index (κ1) is 26.5. The zero-order valence-corrected chi connectivity index (χ0v) is 22.3. The summed E-state index contributed by atoms with van der Waals surface area (Å²) in [6.45, 7) is 9.07. The molecule has 1 atom stereocenters. The minimum Gasteiger partial charge on any atom is -0.381 e. The number of likely N-dealkylation sites (tertiary alicyclic amines) is 1. The summed E-state index contributed by atoms with van der Waals surface area (Å²) in [5.41, 5.74) is 1.10. The van der Waals surface area contributed by atoms with Crippen LogP contribution in [0.2, 0.25) is 0 Å². The van der Waals surface area contributed by atoms with Crippen LogP contribution in [0.5, 0.6) is 0 Å². The molecule has 12 heteroatoms. The third-order valence-electron chi connectivity index (χ3n) is 9.04. The lowest BCUT2D eigenvalue weighted by molar-refractivity contribution is -0.156. The lowest BCUT2D eigenvalue weighted by atomic mass is 9.80. The van der Waals surface area contributed by atoms with Crippen molar-refractivity contribution in [2.45, 2.75) is 75.4 Å². The van der Waals surface area contributed by atoms with Crippen LogP contribution in [0.3, 0.4) is 0 Å². The van der Waals surface area contributed by atoms with Crippen LogP contribution in [0, 0.1) is 0 Å². The van der Waals surface area contributed by atoms with Crippen molar-refractivity contribution in [3.8, 4) is 0 Å². The van der Waals surface area contributed by atoms with Crippen molar-refractivity contribution < 1.29 is 22.7 Å². The first-order valence-corrected chi connectivity index (χ1v) is 14.1. The number of amides is 1. The summed E-state index contributed by atoms with van der Waals surface area (Å²) in [4.78, 5) is 29.8. The molecule has 1 amide bonds. The molecule has 9 nitrogen and oxygen atoms in total. The maximum atomic E-state index is 13.9. The van der Waals surface area contributed by atoms with Crippen molar-refractivity contribution >= 4 is 17.5 Å². The highest BCUT2D eigenvalue weighted by Gasteiger charge is 2.48. The smallest absolute Gasteiger partial charge is 0.381 e. The molecule has 39 heavy (non-hydrogen) atoms. The molecular weight excluding hydrogens is 511 g/mol. The quantitative estimate of drug-likeness (QED) is 0.588. The van der Waals surface area contributed by atoms with Gasteiger partial charge >= 0.3 is 6.18 Å². The van der Waals surface area contributed by atoms with Crippen LogP contribution in [0.15, 0.2) is 12.5 Å². The van der Waals surface area contributed by atoms with Crippen LogP contribution in [-0.2, 0) is 21.5 Å². The Balaban J connectivity index is 1.23. The van der Waals surface area contributed by atoms with E-state index in [2.05, 4.69) is 37.9 Å². The fourth-order valence-electron chi connectivity index (χ4n) is 6.32. The number of aromatic nitrogens is 4. The van der Waals surface area contributed by atoms with E-state index in [1.54, 1.807) is 0 Å². The molecule has 0 radical (unpaired) electrons. The van der Waals surface area contributed by atoms with Gasteiger partial charge in [-0.2, -0.15) is 13.2 Å². The van der Waals surface area contributed by atoms with Crippen LogP contribution >= 0.6 is 0 Å². The third-order valence-corrected chi connectivity index (χ3v) is 9.04. The van der Waals surface area contributed by atoms with Crippen molar-refractivity contribution in [3.63, 3.8) is 0 Å². The number of hydrogen-bond acceptors (Lipinski definition) is 7. The highest BCUT2D eigenvalue weighted by molar-refractivity contribution is 5.94. The number of halogens is 3. The highest BCUT2D eigenvalue weighted by Crippen LogP contribution is 2.46. The van der Waals surface area contributed by atoms with Crippen LogP contribution in [0.25, 0.3) is 0 Å². The van der Waals surface area contributed by atoms with Crippen LogP contribution in [-0.4, -0.2) is 82.4 Å². The molecule has 1 N–H and O–H groups in total. The summed E-state index contributed by atoms with van der Waals surface area (Å²) in [5.74, 6) is -1.03. The number of rotatable bonds is 6. The van der Waals surface area contributed by atoms with Gasteiger partial charge in [-0.3, -0.25) is 4.79 Å². The molecule has 4 aliphatic rings. The summed E-state index contributed by atoms with van der Waals surface area (Å²) in [6, 6.07) is 0. The molecular formula is C27H36F3N7O2. The minimum atomic E-state index is -4.55. The van der Waals surface area contributed by atoms with E-state index in [0.29, 0.717) is 13.1 Å². The zero-order valence-electron chi connectivity index (χ0n) is 22.3. The number of ether oxygens (including phenoxy) is 1. The molecule has 2 aromatic rings. The van der Waals surface area contributed by atoms with Gasteiger partial charge in [0, 0.05) is 63.3 Å². The van der Waals surface area contributed by atoms with Gasteiger partial charge in [-0.1, -0.05) is 6.92 Å². The molecule has 3 fully saturated rings. The number of alkyl halides is 3.